The Bertz CT molecular complexity index is 304. The Morgan fingerprint density at radius 3 is 2.75 bits per heavy atom. The number of rotatable bonds is 2. The summed E-state index contributed by atoms with van der Waals surface area (Å²) >= 11 is 1.48. The van der Waals surface area contributed by atoms with Gasteiger partial charge in [0, 0.05) is 10.6 Å². The van der Waals surface area contributed by atoms with Gasteiger partial charge in [-0.3, -0.25) is 0 Å². The molecular weight excluding hydrogens is 168 g/mol. The number of para-hydroxylation sites is 1. The van der Waals surface area contributed by atoms with Crippen LogP contribution in [0.2, 0.25) is 0 Å². The molecule has 1 unspecified atom stereocenters. The maximum absolute atomic E-state index is 8.58. The molecule has 0 aliphatic carbocycles. The molecule has 0 saturated heterocycles. The Hall–Kier alpha value is -1.14. The highest BCUT2D eigenvalue weighted by Crippen LogP contribution is 2.27. The molecule has 0 bridgehead atoms. The molecule has 0 aliphatic rings. The van der Waals surface area contributed by atoms with E-state index in [2.05, 4.69) is 6.07 Å². The molecule has 0 saturated carbocycles. The third-order valence-corrected chi connectivity index (χ3v) is 2.49. The highest BCUT2D eigenvalue weighted by Gasteiger charge is 2.03. The van der Waals surface area contributed by atoms with Crippen LogP contribution in [0.4, 0.5) is 5.69 Å². The largest absolute Gasteiger partial charge is 0.398 e. The molecule has 1 aromatic rings. The zero-order valence-corrected chi connectivity index (χ0v) is 7.64. The van der Waals surface area contributed by atoms with Gasteiger partial charge in [-0.2, -0.15) is 5.26 Å². The fourth-order valence-corrected chi connectivity index (χ4v) is 1.60. The zero-order valence-electron chi connectivity index (χ0n) is 6.82. The lowest BCUT2D eigenvalue weighted by atomic mass is 10.3. The first-order chi connectivity index (χ1) is 5.74. The second-order valence-corrected chi connectivity index (χ2v) is 3.81. The fraction of sp³-hybridized carbons (Fsp3) is 0.222. The van der Waals surface area contributed by atoms with Gasteiger partial charge in [-0.1, -0.05) is 12.1 Å². The van der Waals surface area contributed by atoms with E-state index in [4.69, 9.17) is 11.0 Å². The SMILES string of the molecule is CC(C#N)Sc1ccccc1N. The van der Waals surface area contributed by atoms with Crippen molar-refractivity contribution in [1.82, 2.24) is 0 Å². The fourth-order valence-electron chi connectivity index (χ4n) is 0.805. The van der Waals surface area contributed by atoms with Crippen LogP contribution in [0.5, 0.6) is 0 Å². The molecule has 0 amide bonds. The zero-order chi connectivity index (χ0) is 8.97. The highest BCUT2D eigenvalue weighted by atomic mass is 32.2. The van der Waals surface area contributed by atoms with Gasteiger partial charge in [0.25, 0.3) is 0 Å². The number of hydrogen-bond donors (Lipinski definition) is 1. The van der Waals surface area contributed by atoms with E-state index in [0.717, 1.165) is 10.6 Å². The van der Waals surface area contributed by atoms with Crippen LogP contribution in [0.3, 0.4) is 0 Å². The van der Waals surface area contributed by atoms with Crippen molar-refractivity contribution in [2.75, 3.05) is 5.73 Å². The Kier molecular flexibility index (Phi) is 3.01. The highest BCUT2D eigenvalue weighted by molar-refractivity contribution is 8.00. The van der Waals surface area contributed by atoms with Crippen LogP contribution in [0.15, 0.2) is 29.2 Å². The molecule has 12 heavy (non-hydrogen) atoms. The molecule has 2 N–H and O–H groups in total. The Morgan fingerprint density at radius 2 is 2.17 bits per heavy atom. The Morgan fingerprint density at radius 1 is 1.50 bits per heavy atom. The number of benzene rings is 1. The minimum absolute atomic E-state index is 0.0466. The van der Waals surface area contributed by atoms with Gasteiger partial charge >= 0.3 is 0 Å². The first-order valence-electron chi connectivity index (χ1n) is 3.65. The number of nitrogens with two attached hydrogens (primary N) is 1. The topological polar surface area (TPSA) is 49.8 Å². The van der Waals surface area contributed by atoms with Crippen molar-refractivity contribution in [3.8, 4) is 6.07 Å². The molecule has 0 aromatic heterocycles. The van der Waals surface area contributed by atoms with E-state index in [0.29, 0.717) is 0 Å². The van der Waals surface area contributed by atoms with Gasteiger partial charge in [0.15, 0.2) is 0 Å². The third-order valence-electron chi connectivity index (χ3n) is 1.40. The molecule has 1 rings (SSSR count). The number of nitrogen functional groups attached to an aromatic ring is 1. The maximum atomic E-state index is 8.58. The van der Waals surface area contributed by atoms with E-state index in [1.165, 1.54) is 11.8 Å². The molecular formula is C9H10N2S. The van der Waals surface area contributed by atoms with Crippen LogP contribution < -0.4 is 5.73 Å². The predicted molar refractivity (Wildman–Crippen MR) is 51.8 cm³/mol. The van der Waals surface area contributed by atoms with E-state index in [1.807, 2.05) is 31.2 Å². The molecule has 0 fully saturated rings. The van der Waals surface area contributed by atoms with E-state index >= 15 is 0 Å². The predicted octanol–water partition coefficient (Wildman–Crippen LogP) is 2.27. The first-order valence-corrected chi connectivity index (χ1v) is 4.53. The minimum atomic E-state index is -0.0466. The van der Waals surface area contributed by atoms with Crippen LogP contribution >= 0.6 is 11.8 Å². The summed E-state index contributed by atoms with van der Waals surface area (Å²) in [6.45, 7) is 1.86. The normalized spacial score (nSPS) is 12.0. The quantitative estimate of drug-likeness (QED) is 0.558. The van der Waals surface area contributed by atoms with E-state index < -0.39 is 0 Å². The van der Waals surface area contributed by atoms with E-state index in [9.17, 15) is 0 Å². The lowest BCUT2D eigenvalue weighted by Crippen LogP contribution is -1.93. The van der Waals surface area contributed by atoms with Crippen molar-refractivity contribution in [3.63, 3.8) is 0 Å². The van der Waals surface area contributed by atoms with E-state index in [-0.39, 0.29) is 5.25 Å². The molecule has 62 valence electrons. The molecule has 2 nitrogen and oxygen atoms in total. The molecule has 0 radical (unpaired) electrons. The van der Waals surface area contributed by atoms with Crippen molar-refractivity contribution in [1.29, 1.82) is 5.26 Å². The summed E-state index contributed by atoms with van der Waals surface area (Å²) in [5.74, 6) is 0. The van der Waals surface area contributed by atoms with Gasteiger partial charge in [0.05, 0.1) is 11.3 Å². The minimum Gasteiger partial charge on any atom is -0.398 e. The summed E-state index contributed by atoms with van der Waals surface area (Å²) < 4.78 is 0. The molecule has 3 heteroatoms. The van der Waals surface area contributed by atoms with Gasteiger partial charge in [-0.05, 0) is 19.1 Å². The summed E-state index contributed by atoms with van der Waals surface area (Å²) in [5.41, 5.74) is 6.43. The average molecular weight is 178 g/mol. The lowest BCUT2D eigenvalue weighted by Gasteiger charge is -2.04. The smallest absolute Gasteiger partial charge is 0.0936 e. The van der Waals surface area contributed by atoms with Crippen LogP contribution in [-0.4, -0.2) is 5.25 Å². The summed E-state index contributed by atoms with van der Waals surface area (Å²) in [5, 5.41) is 8.53. The van der Waals surface area contributed by atoms with Crippen LogP contribution in [0.25, 0.3) is 0 Å². The summed E-state index contributed by atoms with van der Waals surface area (Å²) in [7, 11) is 0. The Balaban J connectivity index is 2.77. The summed E-state index contributed by atoms with van der Waals surface area (Å²) in [4.78, 5) is 0.978. The van der Waals surface area contributed by atoms with Gasteiger partial charge in [0.2, 0.25) is 0 Å². The van der Waals surface area contributed by atoms with Crippen LogP contribution in [0, 0.1) is 11.3 Å². The van der Waals surface area contributed by atoms with E-state index in [1.54, 1.807) is 0 Å². The van der Waals surface area contributed by atoms with Crippen molar-refractivity contribution in [2.24, 2.45) is 0 Å². The number of thioether (sulfide) groups is 1. The van der Waals surface area contributed by atoms with Gasteiger partial charge in [-0.25, -0.2) is 0 Å². The number of hydrogen-bond acceptors (Lipinski definition) is 3. The maximum Gasteiger partial charge on any atom is 0.0936 e. The summed E-state index contributed by atoms with van der Waals surface area (Å²) in [6, 6.07) is 9.72. The number of nitrogens with zero attached hydrogens (tertiary/aromatic N) is 1. The van der Waals surface area contributed by atoms with Gasteiger partial charge in [0.1, 0.15) is 0 Å². The monoisotopic (exact) mass is 178 g/mol. The first kappa shape index (κ1) is 8.95. The molecule has 1 aromatic carbocycles. The number of nitriles is 1. The second-order valence-electron chi connectivity index (χ2n) is 2.43. The third kappa shape index (κ3) is 2.18. The number of anilines is 1. The molecule has 1 atom stereocenters. The average Bonchev–Trinajstić information content (AvgIpc) is 2.09. The standard InChI is InChI=1S/C9H10N2S/c1-7(6-10)12-9-5-3-2-4-8(9)11/h2-5,7H,11H2,1H3. The van der Waals surface area contributed by atoms with Crippen molar-refractivity contribution < 1.29 is 0 Å². The van der Waals surface area contributed by atoms with Gasteiger partial charge in [-0.15, -0.1) is 11.8 Å². The molecule has 0 spiro atoms. The van der Waals surface area contributed by atoms with Crippen molar-refractivity contribution in [3.05, 3.63) is 24.3 Å². The Labute approximate surface area is 76.4 Å². The van der Waals surface area contributed by atoms with Gasteiger partial charge < -0.3 is 5.73 Å². The van der Waals surface area contributed by atoms with Crippen molar-refractivity contribution >= 4 is 17.4 Å². The van der Waals surface area contributed by atoms with Crippen molar-refractivity contribution in [2.45, 2.75) is 17.1 Å². The molecule has 0 heterocycles. The van der Waals surface area contributed by atoms with Crippen LogP contribution in [0.1, 0.15) is 6.92 Å². The molecule has 0 aliphatic heterocycles. The lowest BCUT2D eigenvalue weighted by molar-refractivity contribution is 1.23. The second kappa shape index (κ2) is 4.03. The van der Waals surface area contributed by atoms with Crippen LogP contribution in [-0.2, 0) is 0 Å². The summed E-state index contributed by atoms with van der Waals surface area (Å²) in [6.07, 6.45) is 0.